The van der Waals surface area contributed by atoms with E-state index < -0.39 is 0 Å². The molecule has 3 rings (SSSR count). The molecule has 2 aromatic rings. The van der Waals surface area contributed by atoms with Crippen LogP contribution in [0.15, 0.2) is 36.4 Å². The van der Waals surface area contributed by atoms with Gasteiger partial charge >= 0.3 is 0 Å². The maximum atomic E-state index is 6.35. The van der Waals surface area contributed by atoms with Gasteiger partial charge in [-0.2, -0.15) is 0 Å². The van der Waals surface area contributed by atoms with Gasteiger partial charge in [0.1, 0.15) is 0 Å². The predicted molar refractivity (Wildman–Crippen MR) is 128 cm³/mol. The van der Waals surface area contributed by atoms with Crippen molar-refractivity contribution in [1.82, 2.24) is 4.90 Å². The van der Waals surface area contributed by atoms with Crippen molar-refractivity contribution in [3.63, 3.8) is 0 Å². The number of halogens is 2. The minimum absolute atomic E-state index is 0.00849. The molecule has 1 saturated carbocycles. The van der Waals surface area contributed by atoms with Crippen molar-refractivity contribution < 1.29 is 0 Å². The summed E-state index contributed by atoms with van der Waals surface area (Å²) in [5.74, 6) is 0. The Bertz CT molecular complexity index is 798. The van der Waals surface area contributed by atoms with Crippen LogP contribution in [0.4, 0.5) is 5.69 Å². The molecule has 0 unspecified atom stereocenters. The van der Waals surface area contributed by atoms with E-state index in [1.165, 1.54) is 22.4 Å². The van der Waals surface area contributed by atoms with Gasteiger partial charge in [0.25, 0.3) is 0 Å². The number of benzene rings is 2. The third kappa shape index (κ3) is 4.93. The fraction of sp³-hybridized carbons (Fsp3) is 0.520. The van der Waals surface area contributed by atoms with Crippen LogP contribution in [0.5, 0.6) is 0 Å². The second kappa shape index (κ2) is 9.29. The number of anilines is 1. The lowest BCUT2D eigenvalue weighted by Gasteiger charge is -2.48. The van der Waals surface area contributed by atoms with Crippen molar-refractivity contribution in [2.75, 3.05) is 25.5 Å². The molecule has 1 aliphatic carbocycles. The lowest BCUT2D eigenvalue weighted by molar-refractivity contribution is 0.0903. The lowest BCUT2D eigenvalue weighted by Crippen LogP contribution is -2.49. The van der Waals surface area contributed by atoms with Gasteiger partial charge in [0.05, 0.1) is 0 Å². The van der Waals surface area contributed by atoms with Crippen LogP contribution in [0.3, 0.4) is 0 Å². The quantitative estimate of drug-likeness (QED) is 0.474. The molecule has 0 bridgehead atoms. The molecule has 4 heteroatoms. The highest BCUT2D eigenvalue weighted by Gasteiger charge is 2.40. The van der Waals surface area contributed by atoms with Crippen LogP contribution < -0.4 is 4.90 Å². The minimum atomic E-state index is -0.00849. The molecule has 0 aromatic heterocycles. The molecule has 2 nitrogen and oxygen atoms in total. The third-order valence-electron chi connectivity index (χ3n) is 6.48. The summed E-state index contributed by atoms with van der Waals surface area (Å²) in [4.78, 5) is 5.01. The monoisotopic (exact) mass is 432 g/mol. The van der Waals surface area contributed by atoms with Crippen LogP contribution in [0.25, 0.3) is 0 Å². The summed E-state index contributed by atoms with van der Waals surface area (Å²) in [6, 6.07) is 13.5. The zero-order chi connectivity index (χ0) is 21.2. The Hall–Kier alpha value is -1.22. The Morgan fingerprint density at radius 3 is 1.93 bits per heavy atom. The summed E-state index contributed by atoms with van der Waals surface area (Å²) >= 11 is 12.7. The van der Waals surface area contributed by atoms with Gasteiger partial charge in [0.15, 0.2) is 0 Å². The highest BCUT2D eigenvalue weighted by atomic mass is 35.5. The van der Waals surface area contributed by atoms with Gasteiger partial charge in [-0.3, -0.25) is 4.90 Å². The average Bonchev–Trinajstić information content (AvgIpc) is 2.64. The minimum Gasteiger partial charge on any atom is -0.369 e. The Balaban J connectivity index is 1.87. The Morgan fingerprint density at radius 1 is 0.897 bits per heavy atom. The fourth-order valence-electron chi connectivity index (χ4n) is 5.09. The van der Waals surface area contributed by atoms with E-state index in [0.717, 1.165) is 48.7 Å². The van der Waals surface area contributed by atoms with E-state index in [0.29, 0.717) is 6.04 Å². The normalized spacial score (nSPS) is 22.1. The molecule has 0 atom stereocenters. The van der Waals surface area contributed by atoms with Gasteiger partial charge in [-0.05, 0) is 107 Å². The first kappa shape index (κ1) is 22.5. The molecule has 1 fully saturated rings. The molecule has 0 aliphatic heterocycles. The average molecular weight is 433 g/mol. The highest BCUT2D eigenvalue weighted by molar-refractivity contribution is 6.34. The number of rotatable bonds is 6. The summed E-state index contributed by atoms with van der Waals surface area (Å²) < 4.78 is 0. The molecule has 0 N–H and O–H groups in total. The van der Waals surface area contributed by atoms with Crippen molar-refractivity contribution in [2.45, 2.75) is 64.5 Å². The van der Waals surface area contributed by atoms with Crippen molar-refractivity contribution in [1.29, 1.82) is 0 Å². The maximum Gasteiger partial charge on any atom is 0.0457 e. The van der Waals surface area contributed by atoms with Crippen molar-refractivity contribution in [3.8, 4) is 0 Å². The van der Waals surface area contributed by atoms with E-state index in [4.69, 9.17) is 23.2 Å². The van der Waals surface area contributed by atoms with Gasteiger partial charge in [-0.15, -0.1) is 0 Å². The molecule has 29 heavy (non-hydrogen) atoms. The summed E-state index contributed by atoms with van der Waals surface area (Å²) in [7, 11) is 4.37. The topological polar surface area (TPSA) is 6.48 Å². The van der Waals surface area contributed by atoms with E-state index in [1.54, 1.807) is 0 Å². The molecule has 0 amide bonds. The number of hydrogen-bond acceptors (Lipinski definition) is 2. The molecule has 0 saturated heterocycles. The molecule has 0 spiro atoms. The van der Waals surface area contributed by atoms with E-state index in [9.17, 15) is 0 Å². The molecule has 0 heterocycles. The van der Waals surface area contributed by atoms with E-state index in [2.05, 4.69) is 75.0 Å². The molecule has 0 radical (unpaired) electrons. The largest absolute Gasteiger partial charge is 0.369 e. The van der Waals surface area contributed by atoms with Gasteiger partial charge in [0.2, 0.25) is 0 Å². The summed E-state index contributed by atoms with van der Waals surface area (Å²) in [5.41, 5.74) is 5.29. The van der Waals surface area contributed by atoms with Crippen LogP contribution in [-0.2, 0) is 5.54 Å². The molecule has 1 aliphatic rings. The van der Waals surface area contributed by atoms with Crippen LogP contribution in [0.1, 0.15) is 55.7 Å². The van der Waals surface area contributed by atoms with Crippen LogP contribution in [-0.4, -0.2) is 31.6 Å². The zero-order valence-corrected chi connectivity index (χ0v) is 19.9. The first-order chi connectivity index (χ1) is 13.7. The van der Waals surface area contributed by atoms with Gasteiger partial charge in [-0.25, -0.2) is 0 Å². The van der Waals surface area contributed by atoms with Crippen molar-refractivity contribution in [2.24, 2.45) is 0 Å². The smallest absolute Gasteiger partial charge is 0.0457 e. The summed E-state index contributed by atoms with van der Waals surface area (Å²) in [6.45, 7) is 7.77. The maximum absolute atomic E-state index is 6.35. The second-order valence-corrected chi connectivity index (χ2v) is 9.73. The fourth-order valence-corrected chi connectivity index (χ4v) is 5.61. The first-order valence-corrected chi connectivity index (χ1v) is 11.5. The van der Waals surface area contributed by atoms with Crippen molar-refractivity contribution >= 4 is 28.9 Å². The number of hydrogen-bond donors (Lipinski definition) is 0. The molecular formula is C25H34Cl2N2. The van der Waals surface area contributed by atoms with E-state index >= 15 is 0 Å². The lowest BCUT2D eigenvalue weighted by atomic mass is 9.73. The molecule has 158 valence electrons. The highest BCUT2D eigenvalue weighted by Crippen LogP contribution is 2.44. The number of aryl methyl sites for hydroxylation is 2. The SMILES string of the molecule is CCCN(c1cc(C)cc(C)c1)C1CCC(c2cc(Cl)cc(Cl)c2)(N(C)C)CC1. The first-order valence-electron chi connectivity index (χ1n) is 10.7. The van der Waals surface area contributed by atoms with Crippen LogP contribution in [0.2, 0.25) is 10.0 Å². The Kier molecular flexibility index (Phi) is 7.19. The van der Waals surface area contributed by atoms with Gasteiger partial charge in [-0.1, -0.05) is 36.2 Å². The molecular weight excluding hydrogens is 399 g/mol. The second-order valence-electron chi connectivity index (χ2n) is 8.85. The summed E-state index contributed by atoms with van der Waals surface area (Å²) in [6.07, 6.45) is 5.69. The standard InChI is InChI=1S/C25H34Cl2N2/c1-6-11-29(24-13-18(2)12-19(3)14-24)23-7-9-25(10-8-23,28(4)5)20-15-21(26)17-22(27)16-20/h12-17,23H,6-11H2,1-5H3. The number of nitrogens with zero attached hydrogens (tertiary/aromatic N) is 2. The summed E-state index contributed by atoms with van der Waals surface area (Å²) in [5, 5.41) is 1.44. The predicted octanol–water partition coefficient (Wildman–Crippen LogP) is 7.23. The Morgan fingerprint density at radius 2 is 1.45 bits per heavy atom. The van der Waals surface area contributed by atoms with E-state index in [-0.39, 0.29) is 5.54 Å². The zero-order valence-electron chi connectivity index (χ0n) is 18.4. The van der Waals surface area contributed by atoms with Crippen molar-refractivity contribution in [3.05, 3.63) is 63.1 Å². The van der Waals surface area contributed by atoms with Crippen LogP contribution in [0, 0.1) is 13.8 Å². The molecule has 2 aromatic carbocycles. The van der Waals surface area contributed by atoms with E-state index in [1.807, 2.05) is 6.07 Å². The van der Waals surface area contributed by atoms with Gasteiger partial charge < -0.3 is 4.90 Å². The van der Waals surface area contributed by atoms with Gasteiger partial charge in [0, 0.05) is 33.9 Å². The third-order valence-corrected chi connectivity index (χ3v) is 6.92. The van der Waals surface area contributed by atoms with Crippen LogP contribution >= 0.6 is 23.2 Å². The Labute approximate surface area is 186 Å².